The molecule has 20 heavy (non-hydrogen) atoms. The molecular weight excluding hydrogens is 250 g/mol. The summed E-state index contributed by atoms with van der Waals surface area (Å²) in [5, 5.41) is 9.92. The summed E-state index contributed by atoms with van der Waals surface area (Å²) < 4.78 is 1.11. The average molecular weight is 287 g/mol. The fourth-order valence-corrected chi connectivity index (χ4v) is 1.89. The van der Waals surface area contributed by atoms with Crippen molar-refractivity contribution in [2.24, 2.45) is 0 Å². The van der Waals surface area contributed by atoms with Crippen LogP contribution in [0.25, 0.3) is 0 Å². The molecule has 0 spiro atoms. The molecule has 0 N–H and O–H groups in total. The van der Waals surface area contributed by atoms with Gasteiger partial charge in [-0.05, 0) is 25.7 Å². The number of carboxylic acid groups (broad SMARTS) is 1. The van der Waals surface area contributed by atoms with E-state index in [9.17, 15) is 9.90 Å². The van der Waals surface area contributed by atoms with E-state index in [1.807, 2.05) is 0 Å². The molecule has 0 aromatic heterocycles. The van der Waals surface area contributed by atoms with Gasteiger partial charge in [0.25, 0.3) is 0 Å². The molecular formula is C17H37NO2. The molecule has 0 saturated carbocycles. The standard InChI is InChI=1S/C9H22N.C8H16O2/c1-5-6-7-8-9-10(2,3)4;1-2-3-4-5-6-7-8(9)10/h5-9H2,1-4H3;2-7H2,1H3,(H,9,10)/q+1;/p-1. The first-order valence-corrected chi connectivity index (χ1v) is 8.33. The van der Waals surface area contributed by atoms with Crippen molar-refractivity contribution in [1.29, 1.82) is 0 Å². The number of nitrogens with zero attached hydrogens (tertiary/aromatic N) is 1. The Kier molecular flexibility index (Phi) is 16.1. The quantitative estimate of drug-likeness (QED) is 0.432. The molecule has 0 bridgehead atoms. The van der Waals surface area contributed by atoms with Crippen LogP contribution in [0.4, 0.5) is 0 Å². The van der Waals surface area contributed by atoms with E-state index in [4.69, 9.17) is 0 Å². The van der Waals surface area contributed by atoms with Gasteiger partial charge < -0.3 is 14.4 Å². The summed E-state index contributed by atoms with van der Waals surface area (Å²) in [4.78, 5) is 9.92. The Morgan fingerprint density at radius 2 is 1.25 bits per heavy atom. The molecule has 0 unspecified atom stereocenters. The predicted octanol–water partition coefficient (Wildman–Crippen LogP) is 3.37. The molecule has 3 heteroatoms. The Bertz CT molecular complexity index is 210. The van der Waals surface area contributed by atoms with Crippen molar-refractivity contribution in [3.63, 3.8) is 0 Å². The van der Waals surface area contributed by atoms with Crippen molar-refractivity contribution in [3.05, 3.63) is 0 Å². The van der Waals surface area contributed by atoms with Gasteiger partial charge in [-0.1, -0.05) is 52.4 Å². The summed E-state index contributed by atoms with van der Waals surface area (Å²) >= 11 is 0. The van der Waals surface area contributed by atoms with Gasteiger partial charge in [-0.25, -0.2) is 0 Å². The van der Waals surface area contributed by atoms with Crippen LogP contribution in [0, 0.1) is 0 Å². The number of hydrogen-bond acceptors (Lipinski definition) is 2. The molecule has 0 aromatic rings. The highest BCUT2D eigenvalue weighted by Gasteiger charge is 2.04. The van der Waals surface area contributed by atoms with Crippen LogP contribution in [-0.4, -0.2) is 38.1 Å². The summed E-state index contributed by atoms with van der Waals surface area (Å²) in [5.41, 5.74) is 0. The van der Waals surface area contributed by atoms with E-state index in [2.05, 4.69) is 35.0 Å². The number of unbranched alkanes of at least 4 members (excludes halogenated alkanes) is 7. The summed E-state index contributed by atoms with van der Waals surface area (Å²) in [6.45, 7) is 5.71. The fraction of sp³-hybridized carbons (Fsp3) is 0.941. The van der Waals surface area contributed by atoms with Crippen molar-refractivity contribution in [2.45, 2.75) is 78.1 Å². The van der Waals surface area contributed by atoms with E-state index >= 15 is 0 Å². The number of carbonyl (C=O) groups is 1. The molecule has 0 aliphatic rings. The second-order valence-corrected chi connectivity index (χ2v) is 6.61. The molecule has 0 heterocycles. The Balaban J connectivity index is 0. The summed E-state index contributed by atoms with van der Waals surface area (Å²) in [5.74, 6) is -0.920. The summed E-state index contributed by atoms with van der Waals surface area (Å²) in [7, 11) is 6.77. The Hall–Kier alpha value is -0.570. The molecule has 0 rings (SSSR count). The lowest BCUT2D eigenvalue weighted by atomic mass is 10.1. The molecule has 0 saturated heterocycles. The van der Waals surface area contributed by atoms with Gasteiger partial charge in [0.05, 0.1) is 27.7 Å². The molecule has 0 aliphatic carbocycles. The SMILES string of the molecule is CCCCCCCC(=O)[O-].CCCCCC[N+](C)(C)C. The zero-order valence-corrected chi connectivity index (χ0v) is 14.5. The van der Waals surface area contributed by atoms with Gasteiger partial charge in [0.2, 0.25) is 0 Å². The third-order valence-electron chi connectivity index (χ3n) is 3.17. The average Bonchev–Trinajstić information content (AvgIpc) is 2.34. The zero-order chi connectivity index (χ0) is 15.9. The first-order valence-electron chi connectivity index (χ1n) is 8.33. The molecule has 0 atom stereocenters. The van der Waals surface area contributed by atoms with Gasteiger partial charge in [0.1, 0.15) is 0 Å². The molecule has 0 radical (unpaired) electrons. The maximum Gasteiger partial charge on any atom is 0.0780 e. The van der Waals surface area contributed by atoms with Gasteiger partial charge in [0.15, 0.2) is 0 Å². The van der Waals surface area contributed by atoms with Crippen molar-refractivity contribution in [1.82, 2.24) is 0 Å². The minimum absolute atomic E-state index is 0.226. The molecule has 0 amide bonds. The van der Waals surface area contributed by atoms with E-state index in [1.165, 1.54) is 45.1 Å². The highest BCUT2D eigenvalue weighted by atomic mass is 16.4. The Morgan fingerprint density at radius 3 is 1.65 bits per heavy atom. The molecule has 0 aromatic carbocycles. The number of rotatable bonds is 11. The monoisotopic (exact) mass is 287 g/mol. The van der Waals surface area contributed by atoms with Crippen molar-refractivity contribution in [2.75, 3.05) is 27.7 Å². The Morgan fingerprint density at radius 1 is 0.800 bits per heavy atom. The zero-order valence-electron chi connectivity index (χ0n) is 14.5. The van der Waals surface area contributed by atoms with Crippen molar-refractivity contribution >= 4 is 5.97 Å². The highest BCUT2D eigenvalue weighted by Crippen LogP contribution is 2.03. The third kappa shape index (κ3) is 26.1. The van der Waals surface area contributed by atoms with Crippen LogP contribution >= 0.6 is 0 Å². The lowest BCUT2D eigenvalue weighted by molar-refractivity contribution is -0.870. The van der Waals surface area contributed by atoms with Crippen molar-refractivity contribution < 1.29 is 14.4 Å². The van der Waals surface area contributed by atoms with Crippen LogP contribution in [0.3, 0.4) is 0 Å². The van der Waals surface area contributed by atoms with Gasteiger partial charge >= 0.3 is 0 Å². The largest absolute Gasteiger partial charge is 0.550 e. The van der Waals surface area contributed by atoms with Crippen LogP contribution < -0.4 is 5.11 Å². The molecule has 0 fully saturated rings. The van der Waals surface area contributed by atoms with E-state index in [1.54, 1.807) is 0 Å². The van der Waals surface area contributed by atoms with E-state index < -0.39 is 5.97 Å². The van der Waals surface area contributed by atoms with Crippen molar-refractivity contribution in [3.8, 4) is 0 Å². The maximum absolute atomic E-state index is 9.92. The van der Waals surface area contributed by atoms with Crippen LogP contribution in [0.5, 0.6) is 0 Å². The predicted molar refractivity (Wildman–Crippen MR) is 85.4 cm³/mol. The number of aliphatic carboxylic acids is 1. The van der Waals surface area contributed by atoms with Crippen LogP contribution in [0.1, 0.15) is 78.1 Å². The van der Waals surface area contributed by atoms with Crippen LogP contribution in [-0.2, 0) is 4.79 Å². The first-order chi connectivity index (χ1) is 9.33. The minimum atomic E-state index is -0.920. The van der Waals surface area contributed by atoms with Crippen LogP contribution in [0.2, 0.25) is 0 Å². The fourth-order valence-electron chi connectivity index (χ4n) is 1.89. The normalized spacial score (nSPS) is 10.8. The van der Waals surface area contributed by atoms with E-state index in [-0.39, 0.29) is 6.42 Å². The third-order valence-corrected chi connectivity index (χ3v) is 3.17. The summed E-state index contributed by atoms with van der Waals surface area (Å²) in [6.07, 6.45) is 11.1. The van der Waals surface area contributed by atoms with Gasteiger partial charge in [-0.3, -0.25) is 0 Å². The smallest absolute Gasteiger partial charge is 0.0780 e. The van der Waals surface area contributed by atoms with Gasteiger partial charge in [0, 0.05) is 5.97 Å². The van der Waals surface area contributed by atoms with E-state index in [0.29, 0.717) is 0 Å². The minimum Gasteiger partial charge on any atom is -0.550 e. The molecule has 3 nitrogen and oxygen atoms in total. The molecule has 0 aliphatic heterocycles. The second kappa shape index (κ2) is 14.8. The highest BCUT2D eigenvalue weighted by molar-refractivity contribution is 5.63. The van der Waals surface area contributed by atoms with Gasteiger partial charge in [-0.15, -0.1) is 0 Å². The molecule has 122 valence electrons. The van der Waals surface area contributed by atoms with Gasteiger partial charge in [-0.2, -0.15) is 0 Å². The summed E-state index contributed by atoms with van der Waals surface area (Å²) in [6, 6.07) is 0. The lowest BCUT2D eigenvalue weighted by Crippen LogP contribution is -2.35. The number of carboxylic acids is 1. The lowest BCUT2D eigenvalue weighted by Gasteiger charge is -2.23. The second-order valence-electron chi connectivity index (χ2n) is 6.61. The number of hydrogen-bond donors (Lipinski definition) is 0. The Labute approximate surface area is 127 Å². The maximum atomic E-state index is 9.92. The topological polar surface area (TPSA) is 40.1 Å². The van der Waals surface area contributed by atoms with E-state index in [0.717, 1.165) is 23.7 Å². The number of carbonyl (C=O) groups excluding carboxylic acids is 1. The number of quaternary nitrogens is 1. The van der Waals surface area contributed by atoms with Crippen LogP contribution in [0.15, 0.2) is 0 Å². The first kappa shape index (κ1) is 21.7.